The zero-order valence-electron chi connectivity index (χ0n) is 30.9. The standard InChI is InChI=1S/C19H30O4.C13H18O2.C6H12O2.4CH4/c1-6-18(2,3)17(21)23-19(4,5)15-13-10-14(22-16(15)20)12-9-7-8-11(12)13;1-7(2)12-10-6-11(15-13(12)14)9-5-3-4-8(9)10;1-4-6(2,3)5(7)8;;;;/h11-15H,6-10H2,1-5H3;8-12H,1,3-6H2,2H3;4H2,1-3H3,(H,7,8);4*1H4/p+1. The van der Waals surface area contributed by atoms with Gasteiger partial charge >= 0.3 is 25.3 Å². The first-order chi connectivity index (χ1) is 21.4. The van der Waals surface area contributed by atoms with Gasteiger partial charge in [0.2, 0.25) is 0 Å². The van der Waals surface area contributed by atoms with E-state index in [-0.39, 0.29) is 73.1 Å². The van der Waals surface area contributed by atoms with Crippen LogP contribution >= 0.6 is 0 Å². The van der Waals surface area contributed by atoms with Crippen LogP contribution in [0, 0.1) is 58.2 Å². The number of carboxylic acid groups (broad SMARTS) is 1. The molecule has 8 heteroatoms. The predicted molar refractivity (Wildman–Crippen MR) is 203 cm³/mol. The molecule has 0 aromatic rings. The minimum Gasteiger partial charge on any atom is -0.481 e. The molecule has 6 aliphatic rings. The van der Waals surface area contributed by atoms with Gasteiger partial charge in [-0.1, -0.05) is 68.5 Å². The van der Waals surface area contributed by atoms with Gasteiger partial charge in [0.1, 0.15) is 17.8 Å². The Bertz CT molecular complexity index is 1190. The number of rotatable bonds is 7. The van der Waals surface area contributed by atoms with Crippen LogP contribution in [0.5, 0.6) is 0 Å². The monoisotopic (exact) mass is 710 g/mol. The van der Waals surface area contributed by atoms with E-state index < -0.39 is 22.4 Å². The third-order valence-electron chi connectivity index (χ3n) is 12.7. The van der Waals surface area contributed by atoms with Crippen molar-refractivity contribution in [3.8, 4) is 0 Å². The molecule has 10 unspecified atom stereocenters. The summed E-state index contributed by atoms with van der Waals surface area (Å²) in [5, 5.41) is 8.44. The number of esters is 3. The van der Waals surface area contributed by atoms with Crippen LogP contribution in [-0.4, -0.2) is 46.8 Å². The lowest BCUT2D eigenvalue weighted by Crippen LogP contribution is -2.50. The quantitative estimate of drug-likeness (QED) is 0.158. The summed E-state index contributed by atoms with van der Waals surface area (Å²) in [5.41, 5.74) is -0.881. The number of carboxylic acids is 1. The van der Waals surface area contributed by atoms with Gasteiger partial charge in [-0.2, -0.15) is 0 Å². The topological polar surface area (TPSA) is 116 Å². The Morgan fingerprint density at radius 1 is 0.740 bits per heavy atom. The lowest BCUT2D eigenvalue weighted by Gasteiger charge is -2.41. The smallest absolute Gasteiger partial charge is 0.481 e. The van der Waals surface area contributed by atoms with Crippen LogP contribution in [0.1, 0.15) is 158 Å². The van der Waals surface area contributed by atoms with Crippen LogP contribution < -0.4 is 0 Å². The highest BCUT2D eigenvalue weighted by molar-refractivity contribution is 5.79. The minimum absolute atomic E-state index is 0. The predicted octanol–water partition coefficient (Wildman–Crippen LogP) is 10.4. The number of hydrogen-bond acceptors (Lipinski definition) is 7. The fraction of sp³-hybridized carbons (Fsp3) is 0.857. The summed E-state index contributed by atoms with van der Waals surface area (Å²) in [4.78, 5) is 47.2. The molecule has 50 heavy (non-hydrogen) atoms. The Morgan fingerprint density at radius 2 is 1.16 bits per heavy atom. The first kappa shape index (κ1) is 47.6. The van der Waals surface area contributed by atoms with Crippen molar-refractivity contribution in [2.75, 3.05) is 0 Å². The molecule has 0 aromatic heterocycles. The average Bonchev–Trinajstić information content (AvgIpc) is 3.74. The SMILES string of the molecule is C.C.C.C.C=C(C)C1C(=O)OC2CC1C1CCCC21.CCC(C)(C)C(=O)O.CCC(C)(C)C(=O)OC(C)(C)C1C(=O)OC2CC1C1CCCC21.[H+]. The van der Waals surface area contributed by atoms with Crippen molar-refractivity contribution in [2.45, 2.75) is 174 Å². The van der Waals surface area contributed by atoms with E-state index in [1.807, 2.05) is 48.5 Å². The molecule has 0 aromatic carbocycles. The number of carbonyl (C=O) groups excluding carboxylic acids is 3. The molecule has 6 fully saturated rings. The summed E-state index contributed by atoms with van der Waals surface area (Å²) in [5.74, 6) is 1.92. The van der Waals surface area contributed by atoms with E-state index in [2.05, 4.69) is 6.58 Å². The van der Waals surface area contributed by atoms with Crippen molar-refractivity contribution >= 4 is 23.9 Å². The zero-order chi connectivity index (χ0) is 34.4. The molecule has 0 amide bonds. The maximum atomic E-state index is 12.6. The highest BCUT2D eigenvalue weighted by Crippen LogP contribution is 2.57. The van der Waals surface area contributed by atoms with Crippen molar-refractivity contribution < 1.29 is 39.9 Å². The van der Waals surface area contributed by atoms with Crippen LogP contribution in [0.2, 0.25) is 0 Å². The molecule has 0 spiro atoms. The second-order valence-corrected chi connectivity index (χ2v) is 16.8. The second kappa shape index (κ2) is 17.9. The summed E-state index contributed by atoms with van der Waals surface area (Å²) in [7, 11) is 0. The molecule has 292 valence electrons. The largest absolute Gasteiger partial charge is 1.00 e. The Morgan fingerprint density at radius 3 is 1.58 bits per heavy atom. The third-order valence-corrected chi connectivity index (χ3v) is 12.7. The van der Waals surface area contributed by atoms with Gasteiger partial charge in [0.05, 0.1) is 22.7 Å². The Labute approximate surface area is 307 Å². The van der Waals surface area contributed by atoms with Gasteiger partial charge in [0.25, 0.3) is 0 Å². The molecule has 4 saturated carbocycles. The number of fused-ring (bicyclic) bond motifs is 10. The van der Waals surface area contributed by atoms with Gasteiger partial charge in [-0.3, -0.25) is 19.2 Å². The van der Waals surface area contributed by atoms with Gasteiger partial charge < -0.3 is 19.3 Å². The lowest BCUT2D eigenvalue weighted by atomic mass is 9.73. The summed E-state index contributed by atoms with van der Waals surface area (Å²) in [6.07, 6.45) is 11.3. The molecule has 1 N–H and O–H groups in total. The fourth-order valence-electron chi connectivity index (χ4n) is 9.19. The van der Waals surface area contributed by atoms with Crippen LogP contribution in [0.4, 0.5) is 0 Å². The van der Waals surface area contributed by atoms with Gasteiger partial charge in [0, 0.05) is 0 Å². The van der Waals surface area contributed by atoms with Crippen molar-refractivity contribution in [3.05, 3.63) is 12.2 Å². The maximum absolute atomic E-state index is 12.6. The van der Waals surface area contributed by atoms with Crippen LogP contribution in [-0.2, 0) is 33.4 Å². The Balaban J connectivity index is 0. The van der Waals surface area contributed by atoms with Crippen molar-refractivity contribution in [3.63, 3.8) is 0 Å². The second-order valence-electron chi connectivity index (χ2n) is 16.8. The molecule has 4 aliphatic carbocycles. The normalized spacial score (nSPS) is 32.9. The fourth-order valence-corrected chi connectivity index (χ4v) is 9.19. The van der Waals surface area contributed by atoms with E-state index in [1.165, 1.54) is 38.5 Å². The van der Waals surface area contributed by atoms with Crippen molar-refractivity contribution in [1.29, 1.82) is 0 Å². The van der Waals surface area contributed by atoms with Gasteiger partial charge in [0.15, 0.2) is 0 Å². The molecule has 4 bridgehead atoms. The van der Waals surface area contributed by atoms with Crippen LogP contribution in [0.25, 0.3) is 0 Å². The summed E-state index contributed by atoms with van der Waals surface area (Å²) < 4.78 is 17.2. The molecule has 8 nitrogen and oxygen atoms in total. The van der Waals surface area contributed by atoms with E-state index in [9.17, 15) is 19.2 Å². The van der Waals surface area contributed by atoms with E-state index in [0.29, 0.717) is 42.4 Å². The van der Waals surface area contributed by atoms with Gasteiger partial charge in [-0.05, 0) is 135 Å². The summed E-state index contributed by atoms with van der Waals surface area (Å²) in [6, 6.07) is 0. The summed E-state index contributed by atoms with van der Waals surface area (Å²) in [6.45, 7) is 20.8. The van der Waals surface area contributed by atoms with Crippen LogP contribution in [0.3, 0.4) is 0 Å². The lowest BCUT2D eigenvalue weighted by molar-refractivity contribution is -0.190. The Kier molecular flexibility index (Phi) is 17.0. The molecular weight excluding hydrogens is 632 g/mol. The average molecular weight is 710 g/mol. The van der Waals surface area contributed by atoms with Crippen molar-refractivity contribution in [1.82, 2.24) is 0 Å². The van der Waals surface area contributed by atoms with Gasteiger partial charge in [-0.25, -0.2) is 0 Å². The van der Waals surface area contributed by atoms with E-state index >= 15 is 0 Å². The summed E-state index contributed by atoms with van der Waals surface area (Å²) >= 11 is 0. The number of carbonyl (C=O) groups is 4. The molecule has 10 atom stereocenters. The minimum atomic E-state index is -0.812. The molecule has 0 radical (unpaired) electrons. The molecular formula is C42H77O8+. The first-order valence-corrected chi connectivity index (χ1v) is 17.9. The number of hydrogen-bond donors (Lipinski definition) is 1. The van der Waals surface area contributed by atoms with E-state index in [0.717, 1.165) is 24.3 Å². The number of aliphatic carboxylic acids is 1. The zero-order valence-corrected chi connectivity index (χ0v) is 29.9. The third kappa shape index (κ3) is 9.34. The molecule has 2 heterocycles. The molecule has 2 aliphatic heterocycles. The van der Waals surface area contributed by atoms with Crippen molar-refractivity contribution in [2.24, 2.45) is 58.2 Å². The Hall–Kier alpha value is -2.38. The van der Waals surface area contributed by atoms with Crippen LogP contribution in [0.15, 0.2) is 12.2 Å². The molecule has 6 rings (SSSR count). The highest BCUT2D eigenvalue weighted by Gasteiger charge is 2.60. The first-order valence-electron chi connectivity index (χ1n) is 17.9. The highest BCUT2D eigenvalue weighted by atomic mass is 16.6. The molecule has 2 saturated heterocycles. The maximum Gasteiger partial charge on any atom is 1.00 e. The van der Waals surface area contributed by atoms with E-state index in [1.54, 1.807) is 13.8 Å². The van der Waals surface area contributed by atoms with Gasteiger partial charge in [-0.15, -0.1) is 0 Å². The van der Waals surface area contributed by atoms with E-state index in [4.69, 9.17) is 19.3 Å². The number of ether oxygens (including phenoxy) is 3.